The summed E-state index contributed by atoms with van der Waals surface area (Å²) in [5.41, 5.74) is 4.88. The van der Waals surface area contributed by atoms with Crippen molar-refractivity contribution in [1.82, 2.24) is 20.2 Å². The van der Waals surface area contributed by atoms with Crippen LogP contribution in [0.2, 0.25) is 0 Å². The second kappa shape index (κ2) is 7.56. The van der Waals surface area contributed by atoms with Crippen molar-refractivity contribution in [3.63, 3.8) is 0 Å². The van der Waals surface area contributed by atoms with E-state index < -0.39 is 0 Å². The van der Waals surface area contributed by atoms with Gasteiger partial charge in [0.25, 0.3) is 0 Å². The maximum atomic E-state index is 12.9. The quantitative estimate of drug-likeness (QED) is 0.366. The molecular weight excluding hydrogens is 368 g/mol. The van der Waals surface area contributed by atoms with Crippen LogP contribution < -0.4 is 0 Å². The van der Waals surface area contributed by atoms with Crippen LogP contribution in [0, 0.1) is 20.8 Å². The zero-order chi connectivity index (χ0) is 19.7. The first kappa shape index (κ1) is 18.4. The fraction of sp³-hybridized carbons (Fsp3) is 0.182. The molecule has 0 fully saturated rings. The molecule has 5 nitrogen and oxygen atoms in total. The average molecular weight is 388 g/mol. The molecule has 0 aliphatic heterocycles. The number of benzene rings is 3. The van der Waals surface area contributed by atoms with Crippen LogP contribution in [0.4, 0.5) is 0 Å². The second-order valence-corrected chi connectivity index (χ2v) is 7.80. The van der Waals surface area contributed by atoms with Gasteiger partial charge in [-0.1, -0.05) is 65.9 Å². The summed E-state index contributed by atoms with van der Waals surface area (Å²) in [4.78, 5) is 12.9. The van der Waals surface area contributed by atoms with Gasteiger partial charge in [0, 0.05) is 10.9 Å². The number of Topliss-reactive ketones (excluding diaryl/α,β-unsaturated/α-hetero) is 1. The summed E-state index contributed by atoms with van der Waals surface area (Å²) in [6.07, 6.45) is 0. The summed E-state index contributed by atoms with van der Waals surface area (Å²) < 4.78 is 1.70. The van der Waals surface area contributed by atoms with Crippen LogP contribution in [-0.4, -0.2) is 31.7 Å². The van der Waals surface area contributed by atoms with Gasteiger partial charge in [0.15, 0.2) is 5.78 Å². The first-order valence-electron chi connectivity index (χ1n) is 9.05. The Morgan fingerprint density at radius 2 is 1.71 bits per heavy atom. The summed E-state index contributed by atoms with van der Waals surface area (Å²) in [6, 6.07) is 18.2. The Hall–Kier alpha value is -2.99. The van der Waals surface area contributed by atoms with Crippen molar-refractivity contribution in [3.8, 4) is 5.69 Å². The Morgan fingerprint density at radius 3 is 2.50 bits per heavy atom. The van der Waals surface area contributed by atoms with Crippen molar-refractivity contribution < 1.29 is 4.79 Å². The maximum Gasteiger partial charge on any atom is 0.214 e. The molecule has 4 aromatic rings. The Balaban J connectivity index is 1.62. The van der Waals surface area contributed by atoms with Crippen molar-refractivity contribution in [2.45, 2.75) is 25.9 Å². The van der Waals surface area contributed by atoms with Crippen LogP contribution in [-0.2, 0) is 0 Å². The van der Waals surface area contributed by atoms with Crippen LogP contribution >= 0.6 is 11.8 Å². The van der Waals surface area contributed by atoms with Crippen molar-refractivity contribution in [2.24, 2.45) is 0 Å². The summed E-state index contributed by atoms with van der Waals surface area (Å²) in [5, 5.41) is 14.9. The molecule has 4 rings (SSSR count). The largest absolute Gasteiger partial charge is 0.293 e. The van der Waals surface area contributed by atoms with Gasteiger partial charge in [-0.15, -0.1) is 5.10 Å². The van der Waals surface area contributed by atoms with Crippen LogP contribution in [0.5, 0.6) is 0 Å². The molecule has 0 bridgehead atoms. The van der Waals surface area contributed by atoms with Gasteiger partial charge in [0.1, 0.15) is 0 Å². The third-order valence-electron chi connectivity index (χ3n) is 4.72. The third kappa shape index (κ3) is 3.43. The molecular formula is C22H20N4OS. The van der Waals surface area contributed by atoms with E-state index in [1.807, 2.05) is 63.2 Å². The lowest BCUT2D eigenvalue weighted by molar-refractivity contribution is 0.102. The van der Waals surface area contributed by atoms with Gasteiger partial charge in [-0.05, 0) is 53.8 Å². The molecule has 0 aliphatic carbocycles. The molecule has 6 heteroatoms. The summed E-state index contributed by atoms with van der Waals surface area (Å²) in [7, 11) is 0. The zero-order valence-corrected chi connectivity index (χ0v) is 16.8. The molecule has 0 atom stereocenters. The Morgan fingerprint density at radius 1 is 1.00 bits per heavy atom. The number of thioether (sulfide) groups is 1. The number of fused-ring (bicyclic) bond motifs is 1. The number of tetrazole rings is 1. The van der Waals surface area contributed by atoms with E-state index in [9.17, 15) is 4.79 Å². The van der Waals surface area contributed by atoms with Crippen LogP contribution in [0.15, 0.2) is 59.8 Å². The zero-order valence-electron chi connectivity index (χ0n) is 16.0. The van der Waals surface area contributed by atoms with E-state index >= 15 is 0 Å². The average Bonchev–Trinajstić information content (AvgIpc) is 3.13. The smallest absolute Gasteiger partial charge is 0.214 e. The summed E-state index contributed by atoms with van der Waals surface area (Å²) >= 11 is 1.36. The lowest BCUT2D eigenvalue weighted by Gasteiger charge is -2.10. The summed E-state index contributed by atoms with van der Waals surface area (Å²) in [6.45, 7) is 6.01. The highest BCUT2D eigenvalue weighted by molar-refractivity contribution is 7.99. The number of rotatable bonds is 5. The first-order valence-corrected chi connectivity index (χ1v) is 10.0. The Bertz CT molecular complexity index is 1150. The van der Waals surface area contributed by atoms with Gasteiger partial charge in [0.2, 0.25) is 5.16 Å². The standard InChI is InChI=1S/C22H20N4OS/c1-14-11-15(2)21(16(3)12-14)20(27)13-28-22-23-24-25-26(22)19-10-6-8-17-7-4-5-9-18(17)19/h4-12H,13H2,1-3H3. The molecule has 28 heavy (non-hydrogen) atoms. The summed E-state index contributed by atoms with van der Waals surface area (Å²) in [5.74, 6) is 0.378. The number of aromatic nitrogens is 4. The number of nitrogens with zero attached hydrogens (tertiary/aromatic N) is 4. The molecule has 0 spiro atoms. The van der Waals surface area contributed by atoms with Crippen molar-refractivity contribution in [1.29, 1.82) is 0 Å². The topological polar surface area (TPSA) is 60.7 Å². The number of ketones is 1. The molecule has 0 unspecified atom stereocenters. The normalized spacial score (nSPS) is 11.1. The van der Waals surface area contributed by atoms with E-state index in [4.69, 9.17) is 0 Å². The highest BCUT2D eigenvalue weighted by Crippen LogP contribution is 2.26. The predicted molar refractivity (Wildman–Crippen MR) is 112 cm³/mol. The first-order chi connectivity index (χ1) is 13.5. The molecule has 0 radical (unpaired) electrons. The van der Waals surface area contributed by atoms with Crippen LogP contribution in [0.1, 0.15) is 27.0 Å². The highest BCUT2D eigenvalue weighted by atomic mass is 32.2. The SMILES string of the molecule is Cc1cc(C)c(C(=O)CSc2nnnn2-c2cccc3ccccc23)c(C)c1. The number of aryl methyl sites for hydroxylation is 3. The Labute approximate surface area is 167 Å². The molecule has 0 amide bonds. The van der Waals surface area contributed by atoms with E-state index in [1.165, 1.54) is 17.3 Å². The van der Waals surface area contributed by atoms with Gasteiger partial charge in [0.05, 0.1) is 11.4 Å². The maximum absolute atomic E-state index is 12.9. The molecule has 0 N–H and O–H groups in total. The molecule has 0 saturated heterocycles. The molecule has 1 aromatic heterocycles. The molecule has 0 saturated carbocycles. The fourth-order valence-corrected chi connectivity index (χ4v) is 4.39. The van der Waals surface area contributed by atoms with Crippen molar-refractivity contribution in [3.05, 3.63) is 76.9 Å². The van der Waals surface area contributed by atoms with Crippen molar-refractivity contribution >= 4 is 28.3 Å². The van der Waals surface area contributed by atoms with Crippen LogP contribution in [0.25, 0.3) is 16.5 Å². The number of carbonyl (C=O) groups excluding carboxylic acids is 1. The van der Waals surface area contributed by atoms with Gasteiger partial charge in [-0.2, -0.15) is 4.68 Å². The minimum atomic E-state index is 0.0902. The highest BCUT2D eigenvalue weighted by Gasteiger charge is 2.17. The second-order valence-electron chi connectivity index (χ2n) is 6.86. The molecule has 140 valence electrons. The van der Waals surface area contributed by atoms with E-state index in [1.54, 1.807) is 4.68 Å². The van der Waals surface area contributed by atoms with Gasteiger partial charge >= 0.3 is 0 Å². The lowest BCUT2D eigenvalue weighted by atomic mass is 9.97. The van der Waals surface area contributed by atoms with E-state index in [2.05, 4.69) is 27.7 Å². The number of hydrogen-bond donors (Lipinski definition) is 0. The lowest BCUT2D eigenvalue weighted by Crippen LogP contribution is -2.09. The fourth-order valence-electron chi connectivity index (χ4n) is 3.64. The minimum Gasteiger partial charge on any atom is -0.293 e. The monoisotopic (exact) mass is 388 g/mol. The molecule has 0 aliphatic rings. The van der Waals surface area contributed by atoms with Gasteiger partial charge < -0.3 is 0 Å². The molecule has 1 heterocycles. The van der Waals surface area contributed by atoms with Gasteiger partial charge in [-0.3, -0.25) is 4.79 Å². The van der Waals surface area contributed by atoms with E-state index in [0.29, 0.717) is 5.16 Å². The Kier molecular flexibility index (Phi) is 4.96. The minimum absolute atomic E-state index is 0.0902. The van der Waals surface area contributed by atoms with Crippen LogP contribution in [0.3, 0.4) is 0 Å². The van der Waals surface area contributed by atoms with Gasteiger partial charge in [-0.25, -0.2) is 0 Å². The predicted octanol–water partition coefficient (Wildman–Crippen LogP) is 4.72. The number of carbonyl (C=O) groups is 1. The van der Waals surface area contributed by atoms with Crippen molar-refractivity contribution in [2.75, 3.05) is 5.75 Å². The van der Waals surface area contributed by atoms with E-state index in [0.717, 1.165) is 33.2 Å². The molecule has 3 aromatic carbocycles. The van der Waals surface area contributed by atoms with E-state index in [-0.39, 0.29) is 11.5 Å². The third-order valence-corrected chi connectivity index (χ3v) is 5.64. The number of hydrogen-bond acceptors (Lipinski definition) is 5.